The average Bonchev–Trinajstić information content (AvgIpc) is 2.05. The van der Waals surface area contributed by atoms with Crippen LogP contribution in [0.15, 0.2) is 12.3 Å². The van der Waals surface area contributed by atoms with E-state index in [2.05, 4.69) is 37.7 Å². The van der Waals surface area contributed by atoms with Crippen molar-refractivity contribution in [2.24, 2.45) is 0 Å². The molecule has 0 atom stereocenters. The highest BCUT2D eigenvalue weighted by atomic mass is 79.9. The van der Waals surface area contributed by atoms with E-state index in [9.17, 15) is 0 Å². The van der Waals surface area contributed by atoms with Gasteiger partial charge in [-0.05, 0) is 18.9 Å². The molecule has 0 aliphatic carbocycles. The lowest BCUT2D eigenvalue weighted by molar-refractivity contribution is 1.07. The van der Waals surface area contributed by atoms with Crippen molar-refractivity contribution < 1.29 is 0 Å². The molecule has 0 unspecified atom stereocenters. The van der Waals surface area contributed by atoms with Crippen LogP contribution in [0, 0.1) is 18.8 Å². The van der Waals surface area contributed by atoms with E-state index in [0.717, 1.165) is 17.4 Å². The van der Waals surface area contributed by atoms with Gasteiger partial charge in [-0.3, -0.25) is 0 Å². The maximum atomic E-state index is 4.14. The molecule has 1 aromatic rings. The lowest BCUT2D eigenvalue weighted by atomic mass is 10.4. The van der Waals surface area contributed by atoms with E-state index in [0.29, 0.717) is 5.82 Å². The van der Waals surface area contributed by atoms with Crippen LogP contribution in [-0.4, -0.2) is 15.3 Å². The molecule has 0 N–H and O–H groups in total. The predicted octanol–water partition coefficient (Wildman–Crippen LogP) is 1.92. The fourth-order valence-corrected chi connectivity index (χ4v) is 0.896. The lowest BCUT2D eigenvalue weighted by Gasteiger charge is -1.89. The quantitative estimate of drug-likeness (QED) is 0.539. The largest absolute Gasteiger partial charge is 0.229 e. The highest BCUT2D eigenvalue weighted by molar-refractivity contribution is 9.09. The number of aromatic nitrogens is 2. The van der Waals surface area contributed by atoms with Crippen molar-refractivity contribution in [1.29, 1.82) is 0 Å². The van der Waals surface area contributed by atoms with Crippen LogP contribution in [0.1, 0.15) is 17.9 Å². The zero-order valence-electron chi connectivity index (χ0n) is 6.84. The SMILES string of the molecule is Cc1ccnc(C#CCCBr)n1. The van der Waals surface area contributed by atoms with E-state index < -0.39 is 0 Å². The molecule has 3 heteroatoms. The molecule has 0 aliphatic rings. The van der Waals surface area contributed by atoms with Crippen LogP contribution in [-0.2, 0) is 0 Å². The van der Waals surface area contributed by atoms with Gasteiger partial charge >= 0.3 is 0 Å². The Morgan fingerprint density at radius 3 is 3.08 bits per heavy atom. The minimum Gasteiger partial charge on any atom is -0.229 e. The molecular formula is C9H9BrN2. The smallest absolute Gasteiger partial charge is 0.205 e. The van der Waals surface area contributed by atoms with Crippen LogP contribution in [0.3, 0.4) is 0 Å². The molecule has 0 aromatic carbocycles. The van der Waals surface area contributed by atoms with Crippen LogP contribution in [0.25, 0.3) is 0 Å². The van der Waals surface area contributed by atoms with Crippen molar-refractivity contribution in [3.05, 3.63) is 23.8 Å². The highest BCUT2D eigenvalue weighted by Gasteiger charge is 1.88. The monoisotopic (exact) mass is 224 g/mol. The number of hydrogen-bond acceptors (Lipinski definition) is 2. The molecule has 1 aromatic heterocycles. The Kier molecular flexibility index (Phi) is 3.75. The molecule has 1 heterocycles. The van der Waals surface area contributed by atoms with E-state index >= 15 is 0 Å². The molecule has 0 bridgehead atoms. The third kappa shape index (κ3) is 3.02. The zero-order valence-corrected chi connectivity index (χ0v) is 8.43. The molecule has 0 spiro atoms. The first-order valence-electron chi connectivity index (χ1n) is 3.67. The van der Waals surface area contributed by atoms with E-state index in [-0.39, 0.29) is 0 Å². The Morgan fingerprint density at radius 2 is 2.42 bits per heavy atom. The first-order chi connectivity index (χ1) is 5.83. The van der Waals surface area contributed by atoms with Crippen LogP contribution in [0.4, 0.5) is 0 Å². The van der Waals surface area contributed by atoms with Gasteiger partial charge in [0.05, 0.1) is 0 Å². The minimum atomic E-state index is 0.607. The number of aryl methyl sites for hydroxylation is 1. The molecular weight excluding hydrogens is 216 g/mol. The number of alkyl halides is 1. The zero-order chi connectivity index (χ0) is 8.81. The molecule has 62 valence electrons. The fraction of sp³-hybridized carbons (Fsp3) is 0.333. The third-order valence-electron chi connectivity index (χ3n) is 1.21. The second-order valence-corrected chi connectivity index (χ2v) is 3.06. The second-order valence-electron chi connectivity index (χ2n) is 2.26. The molecule has 0 aliphatic heterocycles. The summed E-state index contributed by atoms with van der Waals surface area (Å²) < 4.78 is 0. The van der Waals surface area contributed by atoms with Gasteiger partial charge in [0, 0.05) is 23.6 Å². The summed E-state index contributed by atoms with van der Waals surface area (Å²) in [7, 11) is 0. The Bertz CT molecular complexity index is 312. The molecule has 0 radical (unpaired) electrons. The molecule has 12 heavy (non-hydrogen) atoms. The van der Waals surface area contributed by atoms with Gasteiger partial charge in [0.25, 0.3) is 0 Å². The van der Waals surface area contributed by atoms with Gasteiger partial charge in [-0.2, -0.15) is 0 Å². The first-order valence-corrected chi connectivity index (χ1v) is 4.79. The maximum absolute atomic E-state index is 4.14. The minimum absolute atomic E-state index is 0.607. The Hall–Kier alpha value is -0.880. The van der Waals surface area contributed by atoms with Gasteiger partial charge in [0.1, 0.15) is 0 Å². The summed E-state index contributed by atoms with van der Waals surface area (Å²) in [4.78, 5) is 8.16. The topological polar surface area (TPSA) is 25.8 Å². The van der Waals surface area contributed by atoms with Gasteiger partial charge in [-0.15, -0.1) is 0 Å². The average molecular weight is 225 g/mol. The summed E-state index contributed by atoms with van der Waals surface area (Å²) in [6.07, 6.45) is 2.55. The van der Waals surface area contributed by atoms with Crippen LogP contribution < -0.4 is 0 Å². The van der Waals surface area contributed by atoms with Gasteiger partial charge in [0.15, 0.2) is 0 Å². The van der Waals surface area contributed by atoms with Crippen LogP contribution >= 0.6 is 15.9 Å². The molecule has 0 amide bonds. The van der Waals surface area contributed by atoms with E-state index in [1.165, 1.54) is 0 Å². The number of hydrogen-bond donors (Lipinski definition) is 0. The predicted molar refractivity (Wildman–Crippen MR) is 52.1 cm³/mol. The molecule has 0 saturated carbocycles. The number of nitrogens with zero attached hydrogens (tertiary/aromatic N) is 2. The van der Waals surface area contributed by atoms with Crippen LogP contribution in [0.5, 0.6) is 0 Å². The fourth-order valence-electron chi connectivity index (χ4n) is 0.698. The van der Waals surface area contributed by atoms with Crippen molar-refractivity contribution in [3.8, 4) is 11.8 Å². The molecule has 2 nitrogen and oxygen atoms in total. The third-order valence-corrected chi connectivity index (χ3v) is 1.61. The summed E-state index contributed by atoms with van der Waals surface area (Å²) in [5, 5.41) is 0.895. The van der Waals surface area contributed by atoms with Crippen molar-refractivity contribution in [3.63, 3.8) is 0 Å². The summed E-state index contributed by atoms with van der Waals surface area (Å²) in [6, 6.07) is 1.86. The Labute approximate surface area is 80.6 Å². The summed E-state index contributed by atoms with van der Waals surface area (Å²) in [5.74, 6) is 6.45. The summed E-state index contributed by atoms with van der Waals surface area (Å²) in [6.45, 7) is 1.93. The van der Waals surface area contributed by atoms with Gasteiger partial charge in [-0.25, -0.2) is 9.97 Å². The van der Waals surface area contributed by atoms with E-state index in [1.807, 2.05) is 13.0 Å². The Morgan fingerprint density at radius 1 is 1.58 bits per heavy atom. The Balaban J connectivity index is 2.71. The molecule has 0 fully saturated rings. The molecule has 0 saturated heterocycles. The summed E-state index contributed by atoms with van der Waals surface area (Å²) >= 11 is 3.29. The maximum Gasteiger partial charge on any atom is 0.205 e. The van der Waals surface area contributed by atoms with Gasteiger partial charge in [0.2, 0.25) is 5.82 Å². The first kappa shape index (κ1) is 9.21. The van der Waals surface area contributed by atoms with Crippen LogP contribution in [0.2, 0.25) is 0 Å². The highest BCUT2D eigenvalue weighted by Crippen LogP contribution is 1.91. The number of halogens is 1. The molecule has 1 rings (SSSR count). The lowest BCUT2D eigenvalue weighted by Crippen LogP contribution is -1.89. The van der Waals surface area contributed by atoms with E-state index in [1.54, 1.807) is 6.20 Å². The van der Waals surface area contributed by atoms with Gasteiger partial charge in [-0.1, -0.05) is 21.9 Å². The van der Waals surface area contributed by atoms with Crippen molar-refractivity contribution in [2.45, 2.75) is 13.3 Å². The van der Waals surface area contributed by atoms with Crippen molar-refractivity contribution in [2.75, 3.05) is 5.33 Å². The van der Waals surface area contributed by atoms with Crippen molar-refractivity contribution >= 4 is 15.9 Å². The standard InChI is InChI=1S/C9H9BrN2/c1-8-5-7-11-9(12-8)4-2-3-6-10/h5,7H,3,6H2,1H3. The summed E-state index contributed by atoms with van der Waals surface area (Å²) in [5.41, 5.74) is 0.952. The normalized spacial score (nSPS) is 8.83. The second kappa shape index (κ2) is 4.89. The number of rotatable bonds is 1. The van der Waals surface area contributed by atoms with Gasteiger partial charge < -0.3 is 0 Å². The van der Waals surface area contributed by atoms with E-state index in [4.69, 9.17) is 0 Å². The van der Waals surface area contributed by atoms with Crippen molar-refractivity contribution in [1.82, 2.24) is 9.97 Å².